The highest BCUT2D eigenvalue weighted by Gasteiger charge is 2.62. The first kappa shape index (κ1) is 51.9. The van der Waals surface area contributed by atoms with Crippen LogP contribution in [0.2, 0.25) is 0 Å². The average molecular weight is 883 g/mol. The Morgan fingerprint density at radius 1 is 0.460 bits per heavy atom. The molecule has 8 unspecified atom stereocenters. The predicted octanol–water partition coefficient (Wildman–Crippen LogP) is 13.2. The van der Waals surface area contributed by atoms with Crippen molar-refractivity contribution in [3.63, 3.8) is 0 Å². The van der Waals surface area contributed by atoms with Crippen molar-refractivity contribution in [2.75, 3.05) is 0 Å². The van der Waals surface area contributed by atoms with E-state index < -0.39 is 10.8 Å². The van der Waals surface area contributed by atoms with Crippen molar-refractivity contribution in [1.29, 1.82) is 0 Å². The first-order chi connectivity index (χ1) is 27.9. The van der Waals surface area contributed by atoms with E-state index in [1.807, 2.05) is 41.5 Å². The SMILES string of the molecule is C.C.C.C.CCC(C)(C)C(=O)OC1CC2CC(C(=O)OC3(C)C4CC5CC(C4)CC3C5)C1C2.CCC(C)(C)C(=O)OC1CC2CC(C(=O)OC3(CC)C4CC5CC(C4)CC3C5)C1C2. The van der Waals surface area contributed by atoms with Gasteiger partial charge in [-0.2, -0.15) is 0 Å². The molecule has 12 fully saturated rings. The van der Waals surface area contributed by atoms with E-state index in [0.29, 0.717) is 35.5 Å². The molecule has 8 atom stereocenters. The molecule has 0 aromatic heterocycles. The maximum Gasteiger partial charge on any atom is 0.311 e. The van der Waals surface area contributed by atoms with Crippen molar-refractivity contribution >= 4 is 23.9 Å². The lowest BCUT2D eigenvalue weighted by Gasteiger charge is -2.60. The van der Waals surface area contributed by atoms with Gasteiger partial charge in [0, 0.05) is 11.8 Å². The van der Waals surface area contributed by atoms with Gasteiger partial charge >= 0.3 is 23.9 Å². The Morgan fingerprint density at radius 3 is 1.13 bits per heavy atom. The fourth-order valence-electron chi connectivity index (χ4n) is 15.9. The Morgan fingerprint density at radius 2 is 0.794 bits per heavy atom. The van der Waals surface area contributed by atoms with Crippen LogP contribution in [0, 0.1) is 93.7 Å². The van der Waals surface area contributed by atoms with Gasteiger partial charge in [0.15, 0.2) is 0 Å². The number of carbonyl (C=O) groups is 4. The molecule has 0 aromatic rings. The van der Waals surface area contributed by atoms with Crippen LogP contribution in [0.1, 0.15) is 207 Å². The highest BCUT2D eigenvalue weighted by molar-refractivity contribution is 5.78. The van der Waals surface area contributed by atoms with E-state index in [9.17, 15) is 19.2 Å². The van der Waals surface area contributed by atoms with Gasteiger partial charge in [0.1, 0.15) is 23.4 Å². The van der Waals surface area contributed by atoms with E-state index in [-0.39, 0.29) is 101 Å². The summed E-state index contributed by atoms with van der Waals surface area (Å²) in [5.41, 5.74) is -1.39. The fraction of sp³-hybridized carbons (Fsp3) is 0.927. The topological polar surface area (TPSA) is 105 Å². The first-order valence-electron chi connectivity index (χ1n) is 24.8. The number of ether oxygens (including phenoxy) is 4. The summed E-state index contributed by atoms with van der Waals surface area (Å²) in [5.74, 6) is 6.71. The molecule has 8 nitrogen and oxygen atoms in total. The second-order valence-electron chi connectivity index (χ2n) is 24.0. The van der Waals surface area contributed by atoms with Crippen LogP contribution in [-0.2, 0) is 38.1 Å². The van der Waals surface area contributed by atoms with Crippen LogP contribution in [0.25, 0.3) is 0 Å². The Kier molecular flexibility index (Phi) is 15.5. The molecule has 0 aliphatic heterocycles. The van der Waals surface area contributed by atoms with Gasteiger partial charge in [-0.1, -0.05) is 50.5 Å². The second-order valence-corrected chi connectivity index (χ2v) is 24.0. The van der Waals surface area contributed by atoms with Gasteiger partial charge in [0.25, 0.3) is 0 Å². The third kappa shape index (κ3) is 9.05. The molecule has 0 N–H and O–H groups in total. The number of rotatable bonds is 11. The van der Waals surface area contributed by atoms with Crippen LogP contribution in [0.5, 0.6) is 0 Å². The Labute approximate surface area is 385 Å². The Balaban J connectivity index is 0.000000223. The van der Waals surface area contributed by atoms with Gasteiger partial charge in [-0.25, -0.2) is 0 Å². The minimum Gasteiger partial charge on any atom is -0.462 e. The molecule has 8 heteroatoms. The normalized spacial score (nSPS) is 43.9. The van der Waals surface area contributed by atoms with E-state index in [4.69, 9.17) is 18.9 Å². The van der Waals surface area contributed by atoms with Crippen molar-refractivity contribution in [3.05, 3.63) is 0 Å². The molecule has 0 heterocycles. The summed E-state index contributed by atoms with van der Waals surface area (Å²) < 4.78 is 24.9. The summed E-state index contributed by atoms with van der Waals surface area (Å²) in [5, 5.41) is 0. The zero-order chi connectivity index (χ0) is 41.8. The van der Waals surface area contributed by atoms with Gasteiger partial charge in [0.2, 0.25) is 0 Å². The summed E-state index contributed by atoms with van der Waals surface area (Å²) in [7, 11) is 0. The summed E-state index contributed by atoms with van der Waals surface area (Å²) in [4.78, 5) is 52.1. The molecule has 0 aromatic carbocycles. The van der Waals surface area contributed by atoms with Crippen molar-refractivity contribution in [3.8, 4) is 0 Å². The monoisotopic (exact) mass is 883 g/mol. The van der Waals surface area contributed by atoms with Crippen molar-refractivity contribution < 1.29 is 38.1 Å². The molecule has 12 saturated carbocycles. The molecule has 12 rings (SSSR count). The quantitative estimate of drug-likeness (QED) is 0.149. The molecule has 0 saturated heterocycles. The van der Waals surface area contributed by atoms with Crippen LogP contribution in [0.3, 0.4) is 0 Å². The third-order valence-corrected chi connectivity index (χ3v) is 19.9. The van der Waals surface area contributed by atoms with Gasteiger partial charge in [0.05, 0.1) is 22.7 Å². The van der Waals surface area contributed by atoms with Crippen LogP contribution >= 0.6 is 0 Å². The van der Waals surface area contributed by atoms with Crippen LogP contribution < -0.4 is 0 Å². The van der Waals surface area contributed by atoms with Crippen LogP contribution in [0.4, 0.5) is 0 Å². The maximum atomic E-state index is 13.5. The number of esters is 4. The van der Waals surface area contributed by atoms with Crippen LogP contribution in [0.15, 0.2) is 0 Å². The first-order valence-corrected chi connectivity index (χ1v) is 24.8. The zero-order valence-corrected chi connectivity index (χ0v) is 37.9. The van der Waals surface area contributed by atoms with Crippen molar-refractivity contribution in [2.24, 2.45) is 93.7 Å². The molecule has 362 valence electrons. The number of hydrogen-bond donors (Lipinski definition) is 0. The fourth-order valence-corrected chi connectivity index (χ4v) is 15.9. The number of hydrogen-bond acceptors (Lipinski definition) is 8. The summed E-state index contributed by atoms with van der Waals surface area (Å²) in [6.45, 7) is 16.3. The minimum absolute atomic E-state index is 0. The minimum atomic E-state index is -0.454. The molecule has 12 aliphatic rings. The summed E-state index contributed by atoms with van der Waals surface area (Å²) in [6.07, 6.45) is 20.9. The highest BCUT2D eigenvalue weighted by atomic mass is 16.6. The lowest BCUT2D eigenvalue weighted by atomic mass is 9.49. The molecule has 12 bridgehead atoms. The zero-order valence-electron chi connectivity index (χ0n) is 37.9. The predicted molar refractivity (Wildman–Crippen MR) is 251 cm³/mol. The number of carbonyl (C=O) groups excluding carboxylic acids is 4. The van der Waals surface area contributed by atoms with E-state index in [1.54, 1.807) is 0 Å². The van der Waals surface area contributed by atoms with Gasteiger partial charge < -0.3 is 18.9 Å². The number of fused-ring (bicyclic) bond motifs is 4. The van der Waals surface area contributed by atoms with Crippen LogP contribution in [-0.4, -0.2) is 47.3 Å². The molecule has 63 heavy (non-hydrogen) atoms. The van der Waals surface area contributed by atoms with E-state index in [2.05, 4.69) is 13.8 Å². The molecule has 0 radical (unpaired) electrons. The standard InChI is InChI=1S/C26H40O4.C25H38O4.4CH4/c1-5-25(3,4)24(28)29-22-14-17-12-20(22)21(13-17)23(27)30-26(6-2)18-8-15-7-16(10-18)11-19(26)9-15;1-5-24(2,3)23(27)28-21-13-16-11-19(21)20(12-16)22(26)29-25(4)17-7-14-6-15(9-17)10-18(25)8-14;;;;/h15-22H,5-14H2,1-4H3;14-21H,5-13H2,1-4H3;4*1H4. The Hall–Kier alpha value is -2.12. The molecule has 0 amide bonds. The smallest absolute Gasteiger partial charge is 0.311 e. The van der Waals surface area contributed by atoms with Gasteiger partial charge in [-0.05, 0) is 216 Å². The maximum absolute atomic E-state index is 13.5. The molecular formula is C55H94O8. The van der Waals surface area contributed by atoms with Crippen molar-refractivity contribution in [2.45, 2.75) is 231 Å². The lowest BCUT2D eigenvalue weighted by molar-refractivity contribution is -0.217. The van der Waals surface area contributed by atoms with Gasteiger partial charge in [-0.15, -0.1) is 0 Å². The highest BCUT2D eigenvalue weighted by Crippen LogP contribution is 2.63. The van der Waals surface area contributed by atoms with E-state index in [0.717, 1.165) is 81.5 Å². The molecule has 12 aliphatic carbocycles. The Bertz CT molecular complexity index is 1590. The second kappa shape index (κ2) is 18.9. The molecule has 0 spiro atoms. The molecular weight excluding hydrogens is 789 g/mol. The lowest BCUT2D eigenvalue weighted by Crippen LogP contribution is -2.60. The summed E-state index contributed by atoms with van der Waals surface area (Å²) >= 11 is 0. The van der Waals surface area contributed by atoms with Gasteiger partial charge in [-0.3, -0.25) is 19.2 Å². The average Bonchev–Trinajstić information content (AvgIpc) is 4.00. The third-order valence-electron chi connectivity index (χ3n) is 19.9. The van der Waals surface area contributed by atoms with Crippen molar-refractivity contribution in [1.82, 2.24) is 0 Å². The largest absolute Gasteiger partial charge is 0.462 e. The summed E-state index contributed by atoms with van der Waals surface area (Å²) in [6, 6.07) is 0. The van der Waals surface area contributed by atoms with E-state index in [1.165, 1.54) is 64.2 Å². The van der Waals surface area contributed by atoms with E-state index >= 15 is 0 Å².